The van der Waals surface area contributed by atoms with Crippen LogP contribution in [0.2, 0.25) is 0 Å². The molecule has 1 saturated heterocycles. The summed E-state index contributed by atoms with van der Waals surface area (Å²) in [7, 11) is 1.36. The zero-order valence-electron chi connectivity index (χ0n) is 14.4. The van der Waals surface area contributed by atoms with E-state index in [4.69, 9.17) is 9.26 Å². The molecule has 8 nitrogen and oxygen atoms in total. The lowest BCUT2D eigenvalue weighted by Gasteiger charge is -2.10. The first kappa shape index (κ1) is 17.4. The van der Waals surface area contributed by atoms with Crippen LogP contribution in [0.3, 0.4) is 0 Å². The van der Waals surface area contributed by atoms with Gasteiger partial charge in [0.2, 0.25) is 5.82 Å². The summed E-state index contributed by atoms with van der Waals surface area (Å²) in [5, 5.41) is 14.5. The molecular weight excluding hydrogens is 360 g/mol. The van der Waals surface area contributed by atoms with Gasteiger partial charge >= 0.3 is 6.61 Å². The van der Waals surface area contributed by atoms with Gasteiger partial charge in [0, 0.05) is 23.7 Å². The number of hydrogen-bond acceptors (Lipinski definition) is 7. The van der Waals surface area contributed by atoms with Crippen molar-refractivity contribution < 1.29 is 22.8 Å². The summed E-state index contributed by atoms with van der Waals surface area (Å²) in [4.78, 5) is 4.34. The molecule has 10 heteroatoms. The minimum absolute atomic E-state index is 0.0675. The van der Waals surface area contributed by atoms with Gasteiger partial charge in [-0.2, -0.15) is 18.9 Å². The highest BCUT2D eigenvalue weighted by atomic mass is 19.3. The SMILES string of the molecule is COc1cc(-c2noc(-c3cc(C4CCNC4)[nH]n3)n2)ccc1OC(F)F. The van der Waals surface area contributed by atoms with E-state index in [9.17, 15) is 8.78 Å². The van der Waals surface area contributed by atoms with Gasteiger partial charge in [0.25, 0.3) is 5.89 Å². The predicted molar refractivity (Wildman–Crippen MR) is 90.7 cm³/mol. The number of benzene rings is 1. The van der Waals surface area contributed by atoms with Crippen molar-refractivity contribution in [2.45, 2.75) is 19.0 Å². The van der Waals surface area contributed by atoms with Gasteiger partial charge in [0.1, 0.15) is 0 Å². The number of hydrogen-bond donors (Lipinski definition) is 2. The van der Waals surface area contributed by atoms with Crippen LogP contribution in [-0.4, -0.2) is 47.1 Å². The Morgan fingerprint density at radius 1 is 1.26 bits per heavy atom. The van der Waals surface area contributed by atoms with Gasteiger partial charge in [-0.05, 0) is 37.2 Å². The summed E-state index contributed by atoms with van der Waals surface area (Å²) in [5.74, 6) is 1.03. The van der Waals surface area contributed by atoms with Gasteiger partial charge in [-0.3, -0.25) is 5.10 Å². The molecule has 2 N–H and O–H groups in total. The van der Waals surface area contributed by atoms with Crippen molar-refractivity contribution in [3.05, 3.63) is 30.0 Å². The molecule has 1 aliphatic rings. The first-order valence-corrected chi connectivity index (χ1v) is 8.37. The Labute approximate surface area is 152 Å². The number of aromatic nitrogens is 4. The van der Waals surface area contributed by atoms with Crippen molar-refractivity contribution in [2.24, 2.45) is 0 Å². The van der Waals surface area contributed by atoms with Gasteiger partial charge in [0.15, 0.2) is 17.2 Å². The van der Waals surface area contributed by atoms with E-state index in [0.717, 1.165) is 25.2 Å². The second-order valence-electron chi connectivity index (χ2n) is 6.07. The molecule has 1 unspecified atom stereocenters. The minimum Gasteiger partial charge on any atom is -0.493 e. The molecule has 0 bridgehead atoms. The molecule has 142 valence electrons. The van der Waals surface area contributed by atoms with Gasteiger partial charge < -0.3 is 19.3 Å². The first-order chi connectivity index (χ1) is 13.1. The summed E-state index contributed by atoms with van der Waals surface area (Å²) < 4.78 is 39.7. The molecule has 2 aromatic heterocycles. The number of ether oxygens (including phenoxy) is 2. The van der Waals surface area contributed by atoms with E-state index in [-0.39, 0.29) is 17.4 Å². The van der Waals surface area contributed by atoms with Crippen molar-refractivity contribution in [3.63, 3.8) is 0 Å². The number of alkyl halides is 2. The fraction of sp³-hybridized carbons (Fsp3) is 0.353. The molecule has 27 heavy (non-hydrogen) atoms. The number of rotatable bonds is 6. The summed E-state index contributed by atoms with van der Waals surface area (Å²) in [6.45, 7) is -1.05. The molecule has 0 radical (unpaired) electrons. The lowest BCUT2D eigenvalue weighted by atomic mass is 10.1. The van der Waals surface area contributed by atoms with E-state index in [2.05, 4.69) is 30.4 Å². The molecule has 1 fully saturated rings. The van der Waals surface area contributed by atoms with Crippen LogP contribution in [0.5, 0.6) is 11.5 Å². The molecule has 1 aliphatic heterocycles. The first-order valence-electron chi connectivity index (χ1n) is 8.37. The Morgan fingerprint density at radius 3 is 2.89 bits per heavy atom. The lowest BCUT2D eigenvalue weighted by Crippen LogP contribution is -2.08. The van der Waals surface area contributed by atoms with Crippen molar-refractivity contribution in [1.29, 1.82) is 0 Å². The number of nitrogens with one attached hydrogen (secondary N) is 2. The largest absolute Gasteiger partial charge is 0.493 e. The molecule has 1 atom stereocenters. The fourth-order valence-corrected chi connectivity index (χ4v) is 3.02. The van der Waals surface area contributed by atoms with Crippen LogP contribution in [0.15, 0.2) is 28.8 Å². The van der Waals surface area contributed by atoms with E-state index in [0.29, 0.717) is 23.0 Å². The number of methoxy groups -OCH3 is 1. The monoisotopic (exact) mass is 377 g/mol. The number of H-pyrrole nitrogens is 1. The van der Waals surface area contributed by atoms with Crippen LogP contribution in [0.25, 0.3) is 23.0 Å². The molecule has 1 aromatic carbocycles. The van der Waals surface area contributed by atoms with E-state index in [1.807, 2.05) is 6.07 Å². The van der Waals surface area contributed by atoms with Gasteiger partial charge in [-0.15, -0.1) is 0 Å². The lowest BCUT2D eigenvalue weighted by molar-refractivity contribution is -0.0512. The van der Waals surface area contributed by atoms with Crippen molar-refractivity contribution >= 4 is 0 Å². The van der Waals surface area contributed by atoms with Crippen molar-refractivity contribution in [3.8, 4) is 34.5 Å². The fourth-order valence-electron chi connectivity index (χ4n) is 3.02. The molecule has 0 saturated carbocycles. The summed E-state index contributed by atoms with van der Waals surface area (Å²) in [5.41, 5.74) is 2.12. The van der Waals surface area contributed by atoms with Gasteiger partial charge in [0.05, 0.1) is 7.11 Å². The number of aromatic amines is 1. The van der Waals surface area contributed by atoms with Crippen LogP contribution < -0.4 is 14.8 Å². The maximum Gasteiger partial charge on any atom is 0.387 e. The molecular formula is C17H17F2N5O3. The molecule has 0 aliphatic carbocycles. The normalized spacial score (nSPS) is 16.8. The van der Waals surface area contributed by atoms with E-state index in [1.165, 1.54) is 19.2 Å². The van der Waals surface area contributed by atoms with Crippen LogP contribution in [0.1, 0.15) is 18.0 Å². The summed E-state index contributed by atoms with van der Waals surface area (Å²) in [6.07, 6.45) is 1.05. The van der Waals surface area contributed by atoms with E-state index < -0.39 is 6.61 Å². The Bertz CT molecular complexity index is 921. The van der Waals surface area contributed by atoms with Crippen LogP contribution in [-0.2, 0) is 0 Å². The predicted octanol–water partition coefficient (Wildman–Crippen LogP) is 2.81. The maximum atomic E-state index is 12.4. The quantitative estimate of drug-likeness (QED) is 0.682. The maximum absolute atomic E-state index is 12.4. The minimum atomic E-state index is -2.94. The molecule has 3 aromatic rings. The topological polar surface area (TPSA) is 98.1 Å². The van der Waals surface area contributed by atoms with Crippen molar-refractivity contribution in [2.75, 3.05) is 20.2 Å². The molecule has 0 spiro atoms. The molecule has 4 rings (SSSR count). The third kappa shape index (κ3) is 3.61. The zero-order valence-corrected chi connectivity index (χ0v) is 14.4. The Balaban J connectivity index is 1.57. The van der Waals surface area contributed by atoms with E-state index >= 15 is 0 Å². The highest BCUT2D eigenvalue weighted by molar-refractivity contribution is 5.62. The Morgan fingerprint density at radius 2 is 2.15 bits per heavy atom. The second-order valence-corrected chi connectivity index (χ2v) is 6.07. The Kier molecular flexibility index (Phi) is 4.71. The van der Waals surface area contributed by atoms with Gasteiger partial charge in [-0.25, -0.2) is 0 Å². The third-order valence-corrected chi connectivity index (χ3v) is 4.38. The summed E-state index contributed by atoms with van der Waals surface area (Å²) >= 11 is 0. The average molecular weight is 377 g/mol. The number of nitrogens with zero attached hydrogens (tertiary/aromatic N) is 3. The van der Waals surface area contributed by atoms with Crippen LogP contribution in [0, 0.1) is 0 Å². The van der Waals surface area contributed by atoms with E-state index in [1.54, 1.807) is 6.07 Å². The average Bonchev–Trinajstić information content (AvgIpc) is 3.40. The highest BCUT2D eigenvalue weighted by Crippen LogP contribution is 2.33. The zero-order chi connectivity index (χ0) is 18.8. The molecule has 3 heterocycles. The highest BCUT2D eigenvalue weighted by Gasteiger charge is 2.21. The van der Waals surface area contributed by atoms with Crippen LogP contribution in [0.4, 0.5) is 8.78 Å². The van der Waals surface area contributed by atoms with Crippen molar-refractivity contribution in [1.82, 2.24) is 25.7 Å². The van der Waals surface area contributed by atoms with Gasteiger partial charge in [-0.1, -0.05) is 5.16 Å². The third-order valence-electron chi connectivity index (χ3n) is 4.38. The number of halogens is 2. The second kappa shape index (κ2) is 7.31. The smallest absolute Gasteiger partial charge is 0.387 e. The molecule has 0 amide bonds. The standard InChI is InChI=1S/C17H17F2N5O3/c1-25-14-6-9(2-3-13(14)26-17(18)19)15-21-16(27-24-15)12-7-11(22-23-12)10-4-5-20-8-10/h2-3,6-7,10,17,20H,4-5,8H2,1H3,(H,22,23). The van der Waals surface area contributed by atoms with Crippen LogP contribution >= 0.6 is 0 Å². The summed E-state index contributed by atoms with van der Waals surface area (Å²) in [6, 6.07) is 6.33. The Hall–Kier alpha value is -3.01.